The van der Waals surface area contributed by atoms with Crippen molar-refractivity contribution in [3.63, 3.8) is 0 Å². The SMILES string of the molecule is COC(=O)[C@@H](CC(C)C)Nc1nc(Nc2cccc(F)c2)nc(N2CCOCC2)n1. The van der Waals surface area contributed by atoms with Crippen LogP contribution in [0, 0.1) is 11.7 Å². The Morgan fingerprint density at radius 2 is 1.97 bits per heavy atom. The van der Waals surface area contributed by atoms with Gasteiger partial charge < -0.3 is 25.0 Å². The Hall–Kier alpha value is -3.01. The lowest BCUT2D eigenvalue weighted by molar-refractivity contribution is -0.141. The average molecular weight is 418 g/mol. The number of morpholine rings is 1. The zero-order valence-corrected chi connectivity index (χ0v) is 17.4. The molecule has 2 aromatic rings. The molecule has 3 rings (SSSR count). The molecule has 1 atom stereocenters. The van der Waals surface area contributed by atoms with Gasteiger partial charge in [0.05, 0.1) is 20.3 Å². The van der Waals surface area contributed by atoms with Crippen LogP contribution >= 0.6 is 0 Å². The second-order valence-electron chi connectivity index (χ2n) is 7.37. The molecule has 30 heavy (non-hydrogen) atoms. The van der Waals surface area contributed by atoms with Crippen LogP contribution in [0.4, 0.5) is 27.9 Å². The third-order valence-electron chi connectivity index (χ3n) is 4.49. The van der Waals surface area contributed by atoms with E-state index in [2.05, 4.69) is 25.6 Å². The van der Waals surface area contributed by atoms with Crippen molar-refractivity contribution < 1.29 is 18.7 Å². The van der Waals surface area contributed by atoms with Crippen LogP contribution in [-0.2, 0) is 14.3 Å². The minimum absolute atomic E-state index is 0.237. The van der Waals surface area contributed by atoms with Gasteiger partial charge in [-0.05, 0) is 30.5 Å². The van der Waals surface area contributed by atoms with Gasteiger partial charge in [-0.2, -0.15) is 15.0 Å². The second-order valence-corrected chi connectivity index (χ2v) is 7.37. The predicted molar refractivity (Wildman–Crippen MR) is 111 cm³/mol. The smallest absolute Gasteiger partial charge is 0.328 e. The molecule has 0 bridgehead atoms. The molecular formula is C20H27FN6O3. The van der Waals surface area contributed by atoms with Gasteiger partial charge in [0.15, 0.2) is 0 Å². The quantitative estimate of drug-likeness (QED) is 0.626. The highest BCUT2D eigenvalue weighted by Crippen LogP contribution is 2.20. The van der Waals surface area contributed by atoms with Crippen LogP contribution in [0.3, 0.4) is 0 Å². The maximum absolute atomic E-state index is 13.6. The number of rotatable bonds is 8. The summed E-state index contributed by atoms with van der Waals surface area (Å²) in [6.45, 7) is 6.44. The molecule has 1 aliphatic heterocycles. The number of benzene rings is 1. The fourth-order valence-corrected chi connectivity index (χ4v) is 3.07. The monoisotopic (exact) mass is 418 g/mol. The highest BCUT2D eigenvalue weighted by Gasteiger charge is 2.23. The van der Waals surface area contributed by atoms with Crippen molar-refractivity contribution in [1.82, 2.24) is 15.0 Å². The molecular weight excluding hydrogens is 391 g/mol. The summed E-state index contributed by atoms with van der Waals surface area (Å²) in [5.41, 5.74) is 0.506. The van der Waals surface area contributed by atoms with E-state index in [4.69, 9.17) is 9.47 Å². The van der Waals surface area contributed by atoms with E-state index < -0.39 is 12.0 Å². The zero-order valence-electron chi connectivity index (χ0n) is 17.4. The fourth-order valence-electron chi connectivity index (χ4n) is 3.07. The highest BCUT2D eigenvalue weighted by molar-refractivity contribution is 5.78. The van der Waals surface area contributed by atoms with Crippen molar-refractivity contribution in [3.8, 4) is 0 Å². The molecule has 0 amide bonds. The Bertz CT molecular complexity index is 860. The summed E-state index contributed by atoms with van der Waals surface area (Å²) in [5.74, 6) is 0.421. The number of ether oxygens (including phenoxy) is 2. The van der Waals surface area contributed by atoms with E-state index in [1.165, 1.54) is 19.2 Å². The van der Waals surface area contributed by atoms with Gasteiger partial charge in [-0.3, -0.25) is 0 Å². The van der Waals surface area contributed by atoms with Crippen LogP contribution in [0.5, 0.6) is 0 Å². The number of methoxy groups -OCH3 is 1. The summed E-state index contributed by atoms with van der Waals surface area (Å²) in [6.07, 6.45) is 0.553. The van der Waals surface area contributed by atoms with Crippen LogP contribution in [0.1, 0.15) is 20.3 Å². The van der Waals surface area contributed by atoms with Crippen molar-refractivity contribution in [2.75, 3.05) is 48.9 Å². The molecule has 0 spiro atoms. The summed E-state index contributed by atoms with van der Waals surface area (Å²) >= 11 is 0. The summed E-state index contributed by atoms with van der Waals surface area (Å²) in [7, 11) is 1.35. The van der Waals surface area contributed by atoms with E-state index in [9.17, 15) is 9.18 Å². The van der Waals surface area contributed by atoms with Gasteiger partial charge in [0, 0.05) is 18.8 Å². The van der Waals surface area contributed by atoms with Crippen molar-refractivity contribution in [2.24, 2.45) is 5.92 Å². The number of carbonyl (C=O) groups is 1. The van der Waals surface area contributed by atoms with Crippen LogP contribution in [0.2, 0.25) is 0 Å². The topological polar surface area (TPSA) is 102 Å². The fraction of sp³-hybridized carbons (Fsp3) is 0.500. The van der Waals surface area contributed by atoms with Gasteiger partial charge in [-0.15, -0.1) is 0 Å². The normalized spacial score (nSPS) is 15.0. The predicted octanol–water partition coefficient (Wildman–Crippen LogP) is 2.59. The first-order valence-electron chi connectivity index (χ1n) is 9.90. The number of halogens is 1. The largest absolute Gasteiger partial charge is 0.467 e. The van der Waals surface area contributed by atoms with Gasteiger partial charge in [-0.1, -0.05) is 19.9 Å². The summed E-state index contributed by atoms with van der Waals surface area (Å²) in [5, 5.41) is 6.07. The third kappa shape index (κ3) is 5.99. The number of nitrogens with zero attached hydrogens (tertiary/aromatic N) is 4. The molecule has 10 heteroatoms. The van der Waals surface area contributed by atoms with Crippen LogP contribution in [0.25, 0.3) is 0 Å². The average Bonchev–Trinajstić information content (AvgIpc) is 2.73. The summed E-state index contributed by atoms with van der Waals surface area (Å²) in [4.78, 5) is 27.5. The maximum atomic E-state index is 13.6. The summed E-state index contributed by atoms with van der Waals surface area (Å²) < 4.78 is 23.9. The first kappa shape index (κ1) is 21.7. The van der Waals surface area contributed by atoms with Crippen molar-refractivity contribution in [3.05, 3.63) is 30.1 Å². The van der Waals surface area contributed by atoms with Gasteiger partial charge in [-0.25, -0.2) is 9.18 Å². The molecule has 162 valence electrons. The van der Waals surface area contributed by atoms with E-state index in [0.29, 0.717) is 44.4 Å². The molecule has 1 aliphatic rings. The molecule has 2 N–H and O–H groups in total. The maximum Gasteiger partial charge on any atom is 0.328 e. The molecule has 1 saturated heterocycles. The van der Waals surface area contributed by atoms with E-state index in [-0.39, 0.29) is 23.6 Å². The Kier molecular flexibility index (Phi) is 7.34. The Balaban J connectivity index is 1.90. The Labute approximate surface area is 175 Å². The van der Waals surface area contributed by atoms with Crippen LogP contribution in [-0.4, -0.2) is 60.4 Å². The first-order chi connectivity index (χ1) is 14.4. The number of nitrogens with one attached hydrogen (secondary N) is 2. The molecule has 0 unspecified atom stereocenters. The summed E-state index contributed by atoms with van der Waals surface area (Å²) in [6, 6.07) is 5.41. The zero-order chi connectivity index (χ0) is 21.5. The molecule has 1 aromatic heterocycles. The standard InChI is InChI=1S/C20H27FN6O3/c1-13(2)11-16(17(28)29-3)23-19-24-18(22-15-6-4-5-14(21)12-15)25-20(26-19)27-7-9-30-10-8-27/h4-6,12-13,16H,7-11H2,1-3H3,(H2,22,23,24,25,26)/t16-/m1/s1. The molecule has 0 saturated carbocycles. The van der Waals surface area contributed by atoms with Gasteiger partial charge in [0.1, 0.15) is 11.9 Å². The number of aromatic nitrogens is 3. The van der Waals surface area contributed by atoms with E-state index >= 15 is 0 Å². The van der Waals surface area contributed by atoms with E-state index in [1.54, 1.807) is 12.1 Å². The number of esters is 1. The second kappa shape index (κ2) is 10.1. The molecule has 9 nitrogen and oxygen atoms in total. The molecule has 0 aliphatic carbocycles. The van der Waals surface area contributed by atoms with Crippen molar-refractivity contribution in [1.29, 1.82) is 0 Å². The lowest BCUT2D eigenvalue weighted by Crippen LogP contribution is -2.38. The molecule has 0 radical (unpaired) electrons. The number of hydrogen-bond donors (Lipinski definition) is 2. The van der Waals surface area contributed by atoms with Crippen molar-refractivity contribution in [2.45, 2.75) is 26.3 Å². The minimum Gasteiger partial charge on any atom is -0.467 e. The molecule has 1 aromatic carbocycles. The lowest BCUT2D eigenvalue weighted by atomic mass is 10.0. The Morgan fingerprint density at radius 3 is 2.63 bits per heavy atom. The van der Waals surface area contributed by atoms with Gasteiger partial charge in [0.25, 0.3) is 0 Å². The van der Waals surface area contributed by atoms with Gasteiger partial charge in [0.2, 0.25) is 17.8 Å². The Morgan fingerprint density at radius 1 is 1.23 bits per heavy atom. The first-order valence-corrected chi connectivity index (χ1v) is 9.90. The minimum atomic E-state index is -0.600. The number of carbonyl (C=O) groups excluding carboxylic acids is 1. The third-order valence-corrected chi connectivity index (χ3v) is 4.49. The molecule has 2 heterocycles. The van der Waals surface area contributed by atoms with Crippen LogP contribution in [0.15, 0.2) is 24.3 Å². The molecule has 1 fully saturated rings. The lowest BCUT2D eigenvalue weighted by Gasteiger charge is -2.27. The van der Waals surface area contributed by atoms with E-state index in [1.807, 2.05) is 18.7 Å². The number of hydrogen-bond acceptors (Lipinski definition) is 9. The highest BCUT2D eigenvalue weighted by atomic mass is 19.1. The van der Waals surface area contributed by atoms with E-state index in [0.717, 1.165) is 0 Å². The van der Waals surface area contributed by atoms with Crippen molar-refractivity contribution >= 4 is 29.5 Å². The van der Waals surface area contributed by atoms with Crippen LogP contribution < -0.4 is 15.5 Å². The number of anilines is 4. The van der Waals surface area contributed by atoms with Gasteiger partial charge >= 0.3 is 5.97 Å².